The van der Waals surface area contributed by atoms with E-state index in [0.29, 0.717) is 22.2 Å². The molecule has 4 rings (SSSR count). The van der Waals surface area contributed by atoms with Crippen LogP contribution in [0, 0.1) is 5.82 Å². The molecule has 0 fully saturated rings. The molecule has 33 heavy (non-hydrogen) atoms. The Labute approximate surface area is 189 Å². The van der Waals surface area contributed by atoms with E-state index in [1.807, 2.05) is 0 Å². The van der Waals surface area contributed by atoms with Crippen molar-refractivity contribution < 1.29 is 22.3 Å². The summed E-state index contributed by atoms with van der Waals surface area (Å²) in [5.41, 5.74) is 2.00. The van der Waals surface area contributed by atoms with Gasteiger partial charge < -0.3 is 10.1 Å². The van der Waals surface area contributed by atoms with Gasteiger partial charge in [-0.05, 0) is 42.0 Å². The molecule has 1 aromatic carbocycles. The first-order valence-corrected chi connectivity index (χ1v) is 11.7. The first kappa shape index (κ1) is 22.5. The molecule has 1 amide bonds. The van der Waals surface area contributed by atoms with Gasteiger partial charge in [-0.3, -0.25) is 9.78 Å². The van der Waals surface area contributed by atoms with Crippen molar-refractivity contribution in [2.45, 2.75) is 11.1 Å². The lowest BCUT2D eigenvalue weighted by atomic mass is 10.1. The number of fused-ring (bicyclic) bond motifs is 1. The van der Waals surface area contributed by atoms with E-state index < -0.39 is 21.8 Å². The third-order valence-corrected chi connectivity index (χ3v) is 5.98. The van der Waals surface area contributed by atoms with Crippen LogP contribution >= 0.6 is 0 Å². The minimum atomic E-state index is -3.52. The Balaban J connectivity index is 1.67. The smallest absolute Gasteiger partial charge is 0.254 e. The van der Waals surface area contributed by atoms with Crippen LogP contribution in [0.15, 0.2) is 66.2 Å². The standard InChI is InChI=1S/C22H20FN5O4S/c1-32-13-19(14-7-8-25-21(9-14)33(2,30)31)27-22(29)18-10-24-12-20-17(18)11-26-28(20)16-5-3-15(23)4-6-16/h3-12,19H,13H2,1-2H3,(H,27,29). The molecule has 1 atom stereocenters. The predicted molar refractivity (Wildman–Crippen MR) is 118 cm³/mol. The van der Waals surface area contributed by atoms with E-state index >= 15 is 0 Å². The van der Waals surface area contributed by atoms with Gasteiger partial charge in [-0.2, -0.15) is 5.10 Å². The van der Waals surface area contributed by atoms with Crippen molar-refractivity contribution in [3.63, 3.8) is 0 Å². The van der Waals surface area contributed by atoms with E-state index in [1.54, 1.807) is 29.1 Å². The Morgan fingerprint density at radius 1 is 1.18 bits per heavy atom. The number of aromatic nitrogens is 4. The molecule has 0 radical (unpaired) electrons. The molecule has 0 spiro atoms. The number of rotatable bonds is 7. The highest BCUT2D eigenvalue weighted by atomic mass is 32.2. The van der Waals surface area contributed by atoms with Crippen LogP contribution in [-0.4, -0.2) is 54.0 Å². The SMILES string of the molecule is COCC(NC(=O)c1cncc2c1cnn2-c1ccc(F)cc1)c1ccnc(S(C)(=O)=O)c1. The molecule has 0 bridgehead atoms. The Kier molecular flexibility index (Phi) is 6.16. The lowest BCUT2D eigenvalue weighted by Gasteiger charge is -2.19. The van der Waals surface area contributed by atoms with Crippen molar-refractivity contribution in [3.05, 3.63) is 78.1 Å². The number of nitrogens with one attached hydrogen (secondary N) is 1. The Bertz CT molecular complexity index is 1420. The summed E-state index contributed by atoms with van der Waals surface area (Å²) < 4.78 is 43.8. The zero-order valence-corrected chi connectivity index (χ0v) is 18.6. The van der Waals surface area contributed by atoms with E-state index in [4.69, 9.17) is 4.74 Å². The number of amides is 1. The summed E-state index contributed by atoms with van der Waals surface area (Å²) in [6.45, 7) is 0.108. The first-order valence-electron chi connectivity index (χ1n) is 9.81. The van der Waals surface area contributed by atoms with Crippen LogP contribution in [0.1, 0.15) is 22.0 Å². The van der Waals surface area contributed by atoms with Gasteiger partial charge in [0.1, 0.15) is 5.82 Å². The minimum absolute atomic E-state index is 0.0975. The van der Waals surface area contributed by atoms with Crippen molar-refractivity contribution in [2.75, 3.05) is 20.0 Å². The Morgan fingerprint density at radius 3 is 2.64 bits per heavy atom. The number of methoxy groups -OCH3 is 1. The van der Waals surface area contributed by atoms with Crippen LogP contribution in [-0.2, 0) is 14.6 Å². The van der Waals surface area contributed by atoms with Gasteiger partial charge >= 0.3 is 0 Å². The number of hydrogen-bond donors (Lipinski definition) is 1. The molecule has 0 aliphatic heterocycles. The molecular formula is C22H20FN5O4S. The Hall–Kier alpha value is -3.70. The van der Waals surface area contributed by atoms with Gasteiger partial charge in [-0.1, -0.05) is 0 Å². The summed E-state index contributed by atoms with van der Waals surface area (Å²) in [7, 11) is -2.04. The monoisotopic (exact) mass is 469 g/mol. The number of halogens is 1. The number of nitrogens with zero attached hydrogens (tertiary/aromatic N) is 4. The molecule has 0 aliphatic carbocycles. The van der Waals surface area contributed by atoms with Crippen LogP contribution in [0.2, 0.25) is 0 Å². The average molecular weight is 469 g/mol. The lowest BCUT2D eigenvalue weighted by Crippen LogP contribution is -2.31. The number of carbonyl (C=O) groups is 1. The molecule has 3 aromatic heterocycles. The highest BCUT2D eigenvalue weighted by Crippen LogP contribution is 2.23. The maximum atomic E-state index is 13.3. The zero-order chi connectivity index (χ0) is 23.6. The van der Waals surface area contributed by atoms with Crippen LogP contribution in [0.25, 0.3) is 16.6 Å². The largest absolute Gasteiger partial charge is 0.382 e. The topological polar surface area (TPSA) is 116 Å². The maximum absolute atomic E-state index is 13.3. The summed E-state index contributed by atoms with van der Waals surface area (Å²) in [4.78, 5) is 21.2. The predicted octanol–water partition coefficient (Wildman–Crippen LogP) is 2.48. The second-order valence-corrected chi connectivity index (χ2v) is 9.30. The lowest BCUT2D eigenvalue weighted by molar-refractivity contribution is 0.0897. The molecule has 1 N–H and O–H groups in total. The van der Waals surface area contributed by atoms with E-state index in [1.165, 1.54) is 43.9 Å². The molecule has 170 valence electrons. The van der Waals surface area contributed by atoms with Crippen molar-refractivity contribution in [1.29, 1.82) is 0 Å². The third kappa shape index (κ3) is 4.73. The number of hydrogen-bond acceptors (Lipinski definition) is 7. The van der Waals surface area contributed by atoms with Crippen LogP contribution in [0.3, 0.4) is 0 Å². The van der Waals surface area contributed by atoms with Crippen LogP contribution in [0.5, 0.6) is 0 Å². The van der Waals surface area contributed by atoms with Gasteiger partial charge in [-0.15, -0.1) is 0 Å². The second-order valence-electron chi connectivity index (χ2n) is 7.33. The fraction of sp³-hybridized carbons (Fsp3) is 0.182. The molecule has 0 saturated carbocycles. The summed E-state index contributed by atoms with van der Waals surface area (Å²) >= 11 is 0. The molecule has 9 nitrogen and oxygen atoms in total. The molecule has 0 saturated heterocycles. The van der Waals surface area contributed by atoms with E-state index in [0.717, 1.165) is 6.26 Å². The van der Waals surface area contributed by atoms with Gasteiger partial charge in [0.15, 0.2) is 14.9 Å². The van der Waals surface area contributed by atoms with Crippen LogP contribution in [0.4, 0.5) is 4.39 Å². The minimum Gasteiger partial charge on any atom is -0.382 e. The average Bonchev–Trinajstić information content (AvgIpc) is 3.23. The number of benzene rings is 1. The molecule has 0 aliphatic rings. The highest BCUT2D eigenvalue weighted by molar-refractivity contribution is 7.90. The summed E-state index contributed by atoms with van der Waals surface area (Å²) in [5.74, 6) is -0.806. The fourth-order valence-electron chi connectivity index (χ4n) is 3.38. The highest BCUT2D eigenvalue weighted by Gasteiger charge is 2.21. The first-order chi connectivity index (χ1) is 15.8. The quantitative estimate of drug-likeness (QED) is 0.442. The van der Waals surface area contributed by atoms with E-state index in [2.05, 4.69) is 20.4 Å². The number of sulfone groups is 1. The number of ether oxygens (including phenoxy) is 1. The molecular weight excluding hydrogens is 449 g/mol. The summed E-state index contributed by atoms with van der Waals surface area (Å²) in [6.07, 6.45) is 6.96. The molecule has 1 unspecified atom stereocenters. The van der Waals surface area contributed by atoms with E-state index in [9.17, 15) is 17.6 Å². The van der Waals surface area contributed by atoms with Crippen molar-refractivity contribution in [2.24, 2.45) is 0 Å². The van der Waals surface area contributed by atoms with Gasteiger partial charge in [0.05, 0.1) is 41.8 Å². The Morgan fingerprint density at radius 2 is 1.94 bits per heavy atom. The molecule has 4 aromatic rings. The van der Waals surface area contributed by atoms with Gasteiger partial charge in [-0.25, -0.2) is 22.5 Å². The van der Waals surface area contributed by atoms with Gasteiger partial charge in [0.25, 0.3) is 5.91 Å². The normalized spacial score (nSPS) is 12.6. The van der Waals surface area contributed by atoms with E-state index in [-0.39, 0.29) is 23.0 Å². The van der Waals surface area contributed by atoms with Crippen molar-refractivity contribution in [1.82, 2.24) is 25.1 Å². The van der Waals surface area contributed by atoms with Gasteiger partial charge in [0, 0.05) is 31.1 Å². The molecule has 11 heteroatoms. The van der Waals surface area contributed by atoms with Crippen molar-refractivity contribution >= 4 is 26.6 Å². The zero-order valence-electron chi connectivity index (χ0n) is 17.8. The fourth-order valence-corrected chi connectivity index (χ4v) is 3.98. The van der Waals surface area contributed by atoms with Crippen molar-refractivity contribution in [3.8, 4) is 5.69 Å². The van der Waals surface area contributed by atoms with Crippen LogP contribution < -0.4 is 5.32 Å². The second kappa shape index (κ2) is 9.04. The maximum Gasteiger partial charge on any atom is 0.254 e. The summed E-state index contributed by atoms with van der Waals surface area (Å²) in [6, 6.07) is 8.18. The third-order valence-electron chi connectivity index (χ3n) is 4.99. The number of pyridine rings is 2. The number of carbonyl (C=O) groups excluding carboxylic acids is 1. The van der Waals surface area contributed by atoms with Gasteiger partial charge in [0.2, 0.25) is 0 Å². The molecule has 3 heterocycles. The summed E-state index contributed by atoms with van der Waals surface area (Å²) in [5, 5.41) is 7.64.